The normalized spacial score (nSPS) is 26.8. The molecule has 1 aliphatic heterocycles. The smallest absolute Gasteiger partial charge is 0.356 e. The largest absolute Gasteiger partial charge is 0.417 e. The molecule has 8 heteroatoms. The Morgan fingerprint density at radius 2 is 1.91 bits per heavy atom. The summed E-state index contributed by atoms with van der Waals surface area (Å²) in [5.41, 5.74) is 5.62. The number of hydrogen-bond donors (Lipinski definition) is 1. The molecule has 1 amide bonds. The molecule has 0 unspecified atom stereocenters. The third-order valence-electron chi connectivity index (χ3n) is 7.20. The number of aromatic nitrogens is 1. The number of hydrogen-bond acceptors (Lipinski definition) is 4. The summed E-state index contributed by atoms with van der Waals surface area (Å²) in [5.74, 6) is 1.95. The van der Waals surface area contributed by atoms with E-state index in [0.29, 0.717) is 30.0 Å². The van der Waals surface area contributed by atoms with Crippen molar-refractivity contribution < 1.29 is 18.0 Å². The Bertz CT molecular complexity index is 816. The predicted octanol–water partition coefficient (Wildman–Crippen LogP) is 4.32. The first-order chi connectivity index (χ1) is 14.9. The number of alkyl halides is 3. The monoisotopic (exact) mass is 452 g/mol. The van der Waals surface area contributed by atoms with Gasteiger partial charge < -0.3 is 15.5 Å². The van der Waals surface area contributed by atoms with Crippen LogP contribution in [0.4, 0.5) is 19.0 Å². The van der Waals surface area contributed by atoms with Gasteiger partial charge in [0.25, 0.3) is 0 Å². The fourth-order valence-corrected chi connectivity index (χ4v) is 5.48. The van der Waals surface area contributed by atoms with Gasteiger partial charge in [-0.05, 0) is 61.5 Å². The lowest BCUT2D eigenvalue weighted by Gasteiger charge is -2.36. The average molecular weight is 453 g/mol. The van der Waals surface area contributed by atoms with Gasteiger partial charge in [-0.15, -0.1) is 0 Å². The number of carbonyl (C=O) groups is 1. The lowest BCUT2D eigenvalue weighted by atomic mass is 9.87. The fourth-order valence-electron chi connectivity index (χ4n) is 5.48. The van der Waals surface area contributed by atoms with E-state index in [0.717, 1.165) is 44.7 Å². The van der Waals surface area contributed by atoms with E-state index in [2.05, 4.69) is 35.6 Å². The molecule has 4 rings (SSSR count). The van der Waals surface area contributed by atoms with Crippen LogP contribution in [0.2, 0.25) is 0 Å². The maximum atomic E-state index is 13.4. The molecule has 2 saturated carbocycles. The highest BCUT2D eigenvalue weighted by molar-refractivity contribution is 5.82. The van der Waals surface area contributed by atoms with E-state index < -0.39 is 17.8 Å². The van der Waals surface area contributed by atoms with Crippen LogP contribution in [-0.2, 0) is 11.0 Å². The first-order valence-corrected chi connectivity index (χ1v) is 11.8. The van der Waals surface area contributed by atoms with E-state index in [-0.39, 0.29) is 17.4 Å². The van der Waals surface area contributed by atoms with Crippen molar-refractivity contribution >= 4 is 11.7 Å². The molecule has 32 heavy (non-hydrogen) atoms. The number of nitrogens with zero attached hydrogens (tertiary/aromatic N) is 3. The summed E-state index contributed by atoms with van der Waals surface area (Å²) in [7, 11) is 0. The molecule has 2 aliphatic carbocycles. The summed E-state index contributed by atoms with van der Waals surface area (Å²) in [6.45, 7) is 8.58. The molecule has 5 nitrogen and oxygen atoms in total. The van der Waals surface area contributed by atoms with Gasteiger partial charge in [-0.25, -0.2) is 4.98 Å². The Hall–Kier alpha value is -1.83. The second kappa shape index (κ2) is 8.50. The first kappa shape index (κ1) is 23.3. The molecule has 178 valence electrons. The molecule has 4 atom stereocenters. The Labute approximate surface area is 188 Å². The molecule has 0 aromatic carbocycles. The van der Waals surface area contributed by atoms with Crippen molar-refractivity contribution in [2.75, 3.05) is 24.5 Å². The van der Waals surface area contributed by atoms with Crippen molar-refractivity contribution in [3.63, 3.8) is 0 Å². The standard InChI is InChI=1S/C24H35F3N4O/c1-23(2,3)10-19(28)22(32)31(12-15-4-5-15)20-8-6-16-13-30(14-18(16)20)21-9-7-17(11-29-21)24(25,26)27/h7,9,11,15-16,18-20H,4-6,8,10,12-14,28H2,1-3H3/t16-,18+,19+,20+/m1/s1. The van der Waals surface area contributed by atoms with E-state index in [4.69, 9.17) is 5.73 Å². The molecule has 2 heterocycles. The Morgan fingerprint density at radius 3 is 2.47 bits per heavy atom. The molecule has 1 saturated heterocycles. The number of anilines is 1. The number of fused-ring (bicyclic) bond motifs is 1. The van der Waals surface area contributed by atoms with Crippen LogP contribution in [0, 0.1) is 23.2 Å². The zero-order valence-corrected chi connectivity index (χ0v) is 19.2. The van der Waals surface area contributed by atoms with Crippen LogP contribution in [0.5, 0.6) is 0 Å². The SMILES string of the molecule is CC(C)(C)C[C@H](N)C(=O)N(CC1CC1)[C@H]1CC[C@@H]2CN(c3ccc(C(F)(F)F)cn3)C[C@@H]21. The van der Waals surface area contributed by atoms with Crippen LogP contribution in [0.25, 0.3) is 0 Å². The summed E-state index contributed by atoms with van der Waals surface area (Å²) in [4.78, 5) is 21.7. The van der Waals surface area contributed by atoms with Gasteiger partial charge in [0.1, 0.15) is 5.82 Å². The minimum absolute atomic E-state index is 0.0169. The molecule has 1 aromatic heterocycles. The maximum Gasteiger partial charge on any atom is 0.417 e. The lowest BCUT2D eigenvalue weighted by Crippen LogP contribution is -2.52. The van der Waals surface area contributed by atoms with Gasteiger partial charge in [0.05, 0.1) is 11.6 Å². The zero-order chi connectivity index (χ0) is 23.3. The van der Waals surface area contributed by atoms with Crippen molar-refractivity contribution in [2.45, 2.75) is 71.1 Å². The zero-order valence-electron chi connectivity index (χ0n) is 19.2. The Kier molecular flexibility index (Phi) is 6.20. The van der Waals surface area contributed by atoms with Crippen LogP contribution >= 0.6 is 0 Å². The van der Waals surface area contributed by atoms with Crippen LogP contribution in [0.3, 0.4) is 0 Å². The highest BCUT2D eigenvalue weighted by Gasteiger charge is 2.48. The van der Waals surface area contributed by atoms with Crippen LogP contribution in [0.1, 0.15) is 58.4 Å². The summed E-state index contributed by atoms with van der Waals surface area (Å²) in [5, 5.41) is 0. The molecule has 1 aromatic rings. The summed E-state index contributed by atoms with van der Waals surface area (Å²) in [6, 6.07) is 2.22. The van der Waals surface area contributed by atoms with Crippen molar-refractivity contribution in [3.8, 4) is 0 Å². The third-order valence-corrected chi connectivity index (χ3v) is 7.20. The number of rotatable bonds is 6. The number of pyridine rings is 1. The molecule has 3 aliphatic rings. The number of carbonyl (C=O) groups excluding carboxylic acids is 1. The van der Waals surface area contributed by atoms with Gasteiger partial charge in [0, 0.05) is 37.8 Å². The van der Waals surface area contributed by atoms with Crippen LogP contribution in [-0.4, -0.2) is 47.5 Å². The van der Waals surface area contributed by atoms with Gasteiger partial charge in [-0.1, -0.05) is 20.8 Å². The van der Waals surface area contributed by atoms with Crippen molar-refractivity contribution in [1.29, 1.82) is 0 Å². The highest BCUT2D eigenvalue weighted by atomic mass is 19.4. The van der Waals surface area contributed by atoms with E-state index in [1.807, 2.05) is 0 Å². The minimum atomic E-state index is -4.38. The fraction of sp³-hybridized carbons (Fsp3) is 0.750. The molecule has 0 radical (unpaired) electrons. The molecular weight excluding hydrogens is 417 g/mol. The van der Waals surface area contributed by atoms with Gasteiger partial charge in [-0.2, -0.15) is 13.2 Å². The minimum Gasteiger partial charge on any atom is -0.356 e. The van der Waals surface area contributed by atoms with Gasteiger partial charge in [0.2, 0.25) is 5.91 Å². The molecule has 0 spiro atoms. The van der Waals surface area contributed by atoms with Crippen molar-refractivity contribution in [2.24, 2.45) is 28.9 Å². The quantitative estimate of drug-likeness (QED) is 0.698. The predicted molar refractivity (Wildman–Crippen MR) is 118 cm³/mol. The van der Waals surface area contributed by atoms with Crippen LogP contribution < -0.4 is 10.6 Å². The van der Waals surface area contributed by atoms with E-state index >= 15 is 0 Å². The van der Waals surface area contributed by atoms with Crippen molar-refractivity contribution in [3.05, 3.63) is 23.9 Å². The van der Waals surface area contributed by atoms with Crippen molar-refractivity contribution in [1.82, 2.24) is 9.88 Å². The Morgan fingerprint density at radius 1 is 1.19 bits per heavy atom. The number of amides is 1. The number of nitrogens with two attached hydrogens (primary N) is 1. The third kappa shape index (κ3) is 5.21. The summed E-state index contributed by atoms with van der Waals surface area (Å²) < 4.78 is 38.6. The van der Waals surface area contributed by atoms with E-state index in [9.17, 15) is 18.0 Å². The highest BCUT2D eigenvalue weighted by Crippen LogP contribution is 2.44. The lowest BCUT2D eigenvalue weighted by molar-refractivity contribution is -0.138. The molecular formula is C24H35F3N4O. The summed E-state index contributed by atoms with van der Waals surface area (Å²) >= 11 is 0. The van der Waals surface area contributed by atoms with E-state index in [1.165, 1.54) is 18.9 Å². The van der Waals surface area contributed by atoms with Crippen LogP contribution in [0.15, 0.2) is 18.3 Å². The van der Waals surface area contributed by atoms with E-state index in [1.54, 1.807) is 0 Å². The first-order valence-electron chi connectivity index (χ1n) is 11.8. The molecule has 2 N–H and O–H groups in total. The topological polar surface area (TPSA) is 62.5 Å². The van der Waals surface area contributed by atoms with Gasteiger partial charge in [-0.3, -0.25) is 4.79 Å². The second-order valence-corrected chi connectivity index (χ2v) is 11.2. The molecule has 3 fully saturated rings. The molecule has 0 bridgehead atoms. The summed E-state index contributed by atoms with van der Waals surface area (Å²) in [6.07, 6.45) is 1.51. The maximum absolute atomic E-state index is 13.4. The van der Waals surface area contributed by atoms with Gasteiger partial charge in [0.15, 0.2) is 0 Å². The Balaban J connectivity index is 1.47. The average Bonchev–Trinajstić information content (AvgIpc) is 3.28. The second-order valence-electron chi connectivity index (χ2n) is 11.2. The van der Waals surface area contributed by atoms with Gasteiger partial charge >= 0.3 is 6.18 Å². The number of halogens is 3.